The SMILES string of the molecule is C=CCOC(=O)c1cc(COC)ccn1. The summed E-state index contributed by atoms with van der Waals surface area (Å²) in [5.41, 5.74) is 1.17. The van der Waals surface area contributed by atoms with E-state index in [2.05, 4.69) is 11.6 Å². The maximum absolute atomic E-state index is 11.4. The summed E-state index contributed by atoms with van der Waals surface area (Å²) < 4.78 is 9.80. The first-order valence-corrected chi connectivity index (χ1v) is 4.50. The van der Waals surface area contributed by atoms with Gasteiger partial charge in [-0.15, -0.1) is 0 Å². The highest BCUT2D eigenvalue weighted by molar-refractivity contribution is 5.87. The molecule has 1 aromatic rings. The highest BCUT2D eigenvalue weighted by atomic mass is 16.5. The molecule has 0 radical (unpaired) electrons. The molecule has 0 amide bonds. The van der Waals surface area contributed by atoms with Crippen molar-refractivity contribution in [3.8, 4) is 0 Å². The van der Waals surface area contributed by atoms with Crippen LogP contribution in [0.1, 0.15) is 16.1 Å². The third-order valence-corrected chi connectivity index (χ3v) is 1.68. The van der Waals surface area contributed by atoms with Crippen molar-refractivity contribution in [2.24, 2.45) is 0 Å². The molecule has 0 aromatic carbocycles. The van der Waals surface area contributed by atoms with E-state index in [1.165, 1.54) is 6.08 Å². The second kappa shape index (κ2) is 5.93. The van der Waals surface area contributed by atoms with Crippen molar-refractivity contribution >= 4 is 5.97 Å². The van der Waals surface area contributed by atoms with Crippen LogP contribution in [0, 0.1) is 0 Å². The number of rotatable bonds is 5. The lowest BCUT2D eigenvalue weighted by atomic mass is 10.2. The first-order chi connectivity index (χ1) is 7.27. The molecule has 0 atom stereocenters. The van der Waals surface area contributed by atoms with E-state index in [0.29, 0.717) is 6.61 Å². The molecular weight excluding hydrogens is 194 g/mol. The lowest BCUT2D eigenvalue weighted by molar-refractivity contribution is 0.0542. The summed E-state index contributed by atoms with van der Waals surface area (Å²) in [5, 5.41) is 0. The van der Waals surface area contributed by atoms with Gasteiger partial charge in [0.1, 0.15) is 12.3 Å². The Morgan fingerprint density at radius 2 is 2.47 bits per heavy atom. The van der Waals surface area contributed by atoms with Gasteiger partial charge in [-0.25, -0.2) is 9.78 Å². The summed E-state index contributed by atoms with van der Waals surface area (Å²) in [6.07, 6.45) is 3.07. The second-order valence-electron chi connectivity index (χ2n) is 2.87. The largest absolute Gasteiger partial charge is 0.457 e. The Balaban J connectivity index is 2.71. The van der Waals surface area contributed by atoms with Gasteiger partial charge in [-0.3, -0.25) is 0 Å². The van der Waals surface area contributed by atoms with Crippen LogP contribution >= 0.6 is 0 Å². The van der Waals surface area contributed by atoms with Crippen LogP contribution in [0.2, 0.25) is 0 Å². The maximum Gasteiger partial charge on any atom is 0.357 e. The van der Waals surface area contributed by atoms with E-state index >= 15 is 0 Å². The molecule has 0 aliphatic heterocycles. The topological polar surface area (TPSA) is 48.4 Å². The fourth-order valence-corrected chi connectivity index (χ4v) is 1.05. The Bertz CT molecular complexity index is 349. The van der Waals surface area contributed by atoms with Crippen molar-refractivity contribution in [2.45, 2.75) is 6.61 Å². The quantitative estimate of drug-likeness (QED) is 0.543. The molecule has 0 fully saturated rings. The van der Waals surface area contributed by atoms with Gasteiger partial charge in [-0.05, 0) is 17.7 Å². The van der Waals surface area contributed by atoms with Crippen molar-refractivity contribution in [2.75, 3.05) is 13.7 Å². The van der Waals surface area contributed by atoms with Crippen molar-refractivity contribution in [3.05, 3.63) is 42.2 Å². The Kier molecular flexibility index (Phi) is 4.50. The summed E-state index contributed by atoms with van der Waals surface area (Å²) >= 11 is 0. The third-order valence-electron chi connectivity index (χ3n) is 1.68. The zero-order chi connectivity index (χ0) is 11.1. The van der Waals surface area contributed by atoms with Crippen LogP contribution < -0.4 is 0 Å². The molecule has 1 aromatic heterocycles. The van der Waals surface area contributed by atoms with Crippen molar-refractivity contribution < 1.29 is 14.3 Å². The zero-order valence-electron chi connectivity index (χ0n) is 8.60. The van der Waals surface area contributed by atoms with E-state index in [0.717, 1.165) is 5.56 Å². The van der Waals surface area contributed by atoms with Gasteiger partial charge in [0.15, 0.2) is 0 Å². The standard InChI is InChI=1S/C11H13NO3/c1-3-6-15-11(13)10-7-9(8-14-2)4-5-12-10/h3-5,7H,1,6,8H2,2H3. The normalized spacial score (nSPS) is 9.67. The molecule has 0 aliphatic rings. The minimum absolute atomic E-state index is 0.190. The van der Waals surface area contributed by atoms with Crippen LogP contribution in [0.3, 0.4) is 0 Å². The molecule has 1 heterocycles. The highest BCUT2D eigenvalue weighted by Gasteiger charge is 2.08. The number of carbonyl (C=O) groups excluding carboxylic acids is 1. The van der Waals surface area contributed by atoms with E-state index in [1.54, 1.807) is 25.4 Å². The summed E-state index contributed by atoms with van der Waals surface area (Å²) in [6, 6.07) is 3.43. The first kappa shape index (κ1) is 11.4. The van der Waals surface area contributed by atoms with Gasteiger partial charge < -0.3 is 9.47 Å². The minimum Gasteiger partial charge on any atom is -0.457 e. The lowest BCUT2D eigenvalue weighted by Gasteiger charge is -2.03. The average molecular weight is 207 g/mol. The van der Waals surface area contributed by atoms with Gasteiger partial charge in [0, 0.05) is 13.3 Å². The predicted molar refractivity (Wildman–Crippen MR) is 55.4 cm³/mol. The molecule has 0 spiro atoms. The van der Waals surface area contributed by atoms with Gasteiger partial charge in [-0.2, -0.15) is 0 Å². The smallest absolute Gasteiger partial charge is 0.357 e. The predicted octanol–water partition coefficient (Wildman–Crippen LogP) is 1.57. The molecule has 0 saturated carbocycles. The number of esters is 1. The van der Waals surface area contributed by atoms with E-state index < -0.39 is 5.97 Å². The van der Waals surface area contributed by atoms with Crippen molar-refractivity contribution in [1.29, 1.82) is 0 Å². The van der Waals surface area contributed by atoms with E-state index in [4.69, 9.17) is 9.47 Å². The van der Waals surface area contributed by atoms with Crippen LogP contribution in [0.25, 0.3) is 0 Å². The van der Waals surface area contributed by atoms with E-state index in [1.807, 2.05) is 0 Å². The molecule has 4 heteroatoms. The fraction of sp³-hybridized carbons (Fsp3) is 0.273. The fourth-order valence-electron chi connectivity index (χ4n) is 1.05. The third kappa shape index (κ3) is 3.52. The molecule has 0 aliphatic carbocycles. The van der Waals surface area contributed by atoms with Gasteiger partial charge in [0.2, 0.25) is 0 Å². The van der Waals surface area contributed by atoms with E-state index in [9.17, 15) is 4.79 Å². The first-order valence-electron chi connectivity index (χ1n) is 4.50. The van der Waals surface area contributed by atoms with Gasteiger partial charge in [0.25, 0.3) is 0 Å². The number of pyridine rings is 1. The van der Waals surface area contributed by atoms with Crippen molar-refractivity contribution in [3.63, 3.8) is 0 Å². The number of carbonyl (C=O) groups is 1. The Morgan fingerprint density at radius 1 is 1.67 bits per heavy atom. The minimum atomic E-state index is -0.451. The summed E-state index contributed by atoms with van der Waals surface area (Å²) in [4.78, 5) is 15.3. The van der Waals surface area contributed by atoms with Gasteiger partial charge in [0.05, 0.1) is 6.61 Å². The van der Waals surface area contributed by atoms with Gasteiger partial charge >= 0.3 is 5.97 Å². The molecule has 0 bridgehead atoms. The number of hydrogen-bond acceptors (Lipinski definition) is 4. The highest BCUT2D eigenvalue weighted by Crippen LogP contribution is 2.04. The number of aromatic nitrogens is 1. The van der Waals surface area contributed by atoms with Gasteiger partial charge in [-0.1, -0.05) is 12.7 Å². The molecule has 1 rings (SSSR count). The van der Waals surface area contributed by atoms with Crippen molar-refractivity contribution in [1.82, 2.24) is 4.98 Å². The number of ether oxygens (including phenoxy) is 2. The summed E-state index contributed by atoms with van der Waals surface area (Å²) in [5.74, 6) is -0.451. The molecular formula is C11H13NO3. The number of methoxy groups -OCH3 is 1. The number of hydrogen-bond donors (Lipinski definition) is 0. The molecule has 0 N–H and O–H groups in total. The Morgan fingerprint density at radius 3 is 3.13 bits per heavy atom. The summed E-state index contributed by atoms with van der Waals surface area (Å²) in [7, 11) is 1.59. The maximum atomic E-state index is 11.4. The van der Waals surface area contributed by atoms with Crippen LogP contribution in [0.15, 0.2) is 31.0 Å². The number of nitrogens with zero attached hydrogens (tertiary/aromatic N) is 1. The van der Waals surface area contributed by atoms with Crippen LogP contribution in [-0.4, -0.2) is 24.7 Å². The molecule has 80 valence electrons. The molecule has 0 saturated heterocycles. The van der Waals surface area contributed by atoms with Crippen LogP contribution in [0.4, 0.5) is 0 Å². The Hall–Kier alpha value is -1.68. The molecule has 15 heavy (non-hydrogen) atoms. The second-order valence-corrected chi connectivity index (χ2v) is 2.87. The molecule has 4 nitrogen and oxygen atoms in total. The summed E-state index contributed by atoms with van der Waals surface area (Å²) in [6.45, 7) is 4.09. The van der Waals surface area contributed by atoms with Crippen LogP contribution in [-0.2, 0) is 16.1 Å². The lowest BCUT2D eigenvalue weighted by Crippen LogP contribution is -2.07. The average Bonchev–Trinajstić information content (AvgIpc) is 2.27. The Labute approximate surface area is 88.5 Å². The van der Waals surface area contributed by atoms with E-state index in [-0.39, 0.29) is 12.3 Å². The van der Waals surface area contributed by atoms with Crippen LogP contribution in [0.5, 0.6) is 0 Å². The zero-order valence-corrected chi connectivity index (χ0v) is 8.60. The monoisotopic (exact) mass is 207 g/mol. The molecule has 0 unspecified atom stereocenters.